The summed E-state index contributed by atoms with van der Waals surface area (Å²) < 4.78 is 16.2. The number of carbonyl (C=O) groups is 1. The first kappa shape index (κ1) is 17.0. The van der Waals surface area contributed by atoms with Gasteiger partial charge in [0.15, 0.2) is 11.5 Å². The molecule has 0 aliphatic carbocycles. The van der Waals surface area contributed by atoms with Gasteiger partial charge in [0.1, 0.15) is 6.26 Å². The van der Waals surface area contributed by atoms with Crippen LogP contribution in [0.1, 0.15) is 23.0 Å². The lowest BCUT2D eigenvalue weighted by atomic mass is 10.2. The molecule has 0 fully saturated rings. The van der Waals surface area contributed by atoms with E-state index in [0.29, 0.717) is 35.3 Å². The molecule has 2 aromatic heterocycles. The number of hydrogen-bond acceptors (Lipinski definition) is 6. The van der Waals surface area contributed by atoms with E-state index >= 15 is 0 Å². The van der Waals surface area contributed by atoms with Crippen LogP contribution < -0.4 is 14.8 Å². The van der Waals surface area contributed by atoms with Crippen molar-refractivity contribution < 1.29 is 18.7 Å². The fourth-order valence-corrected chi connectivity index (χ4v) is 2.91. The van der Waals surface area contributed by atoms with Gasteiger partial charge in [-0.1, -0.05) is 6.07 Å². The van der Waals surface area contributed by atoms with E-state index < -0.39 is 0 Å². The second kappa shape index (κ2) is 7.85. The lowest BCUT2D eigenvalue weighted by Crippen LogP contribution is -2.23. The molecule has 25 heavy (non-hydrogen) atoms. The first-order chi connectivity index (χ1) is 12.2. The summed E-state index contributed by atoms with van der Waals surface area (Å²) in [5.74, 6) is 1.47. The van der Waals surface area contributed by atoms with Crippen molar-refractivity contribution in [2.75, 3.05) is 13.7 Å². The average molecular weight is 358 g/mol. The smallest absolute Gasteiger partial charge is 0.251 e. The zero-order valence-corrected chi connectivity index (χ0v) is 14.8. The molecule has 3 aromatic rings. The molecule has 6 nitrogen and oxygen atoms in total. The van der Waals surface area contributed by atoms with Crippen molar-refractivity contribution in [2.24, 2.45) is 0 Å². The Labute approximate surface area is 149 Å². The average Bonchev–Trinajstić information content (AvgIpc) is 3.31. The molecule has 0 aliphatic heterocycles. The van der Waals surface area contributed by atoms with Gasteiger partial charge in [-0.2, -0.15) is 0 Å². The Bertz CT molecular complexity index is 843. The zero-order valence-electron chi connectivity index (χ0n) is 13.9. The second-order valence-corrected chi connectivity index (χ2v) is 6.05. The number of ether oxygens (including phenoxy) is 2. The van der Waals surface area contributed by atoms with Crippen molar-refractivity contribution in [3.05, 3.63) is 53.2 Å². The minimum Gasteiger partial charge on any atom is -0.493 e. The van der Waals surface area contributed by atoms with Gasteiger partial charge in [0, 0.05) is 5.56 Å². The number of carbonyl (C=O) groups excluding carboxylic acids is 1. The third-order valence-electron chi connectivity index (χ3n) is 3.44. The number of amides is 1. The quantitative estimate of drug-likeness (QED) is 0.696. The van der Waals surface area contributed by atoms with E-state index in [1.165, 1.54) is 0 Å². The predicted molar refractivity (Wildman–Crippen MR) is 95.1 cm³/mol. The summed E-state index contributed by atoms with van der Waals surface area (Å²) in [6.45, 7) is 2.70. The molecule has 0 spiro atoms. The summed E-state index contributed by atoms with van der Waals surface area (Å²) in [7, 11) is 1.54. The van der Waals surface area contributed by atoms with Gasteiger partial charge < -0.3 is 19.2 Å². The van der Waals surface area contributed by atoms with E-state index in [4.69, 9.17) is 13.9 Å². The largest absolute Gasteiger partial charge is 0.493 e. The van der Waals surface area contributed by atoms with Crippen LogP contribution >= 0.6 is 11.3 Å². The molecular formula is C18H18N2O4S. The maximum absolute atomic E-state index is 12.3. The van der Waals surface area contributed by atoms with Crippen LogP contribution in [0.15, 0.2) is 46.4 Å². The Hall–Kier alpha value is -2.80. The summed E-state index contributed by atoms with van der Waals surface area (Å²) in [5.41, 5.74) is 1.15. The van der Waals surface area contributed by atoms with Crippen molar-refractivity contribution in [2.45, 2.75) is 13.5 Å². The van der Waals surface area contributed by atoms with E-state index in [0.717, 1.165) is 4.88 Å². The number of rotatable bonds is 7. The first-order valence-electron chi connectivity index (χ1n) is 7.78. The molecule has 1 aromatic carbocycles. The molecule has 0 saturated carbocycles. The number of aromatic nitrogens is 1. The fourth-order valence-electron chi connectivity index (χ4n) is 2.26. The SMILES string of the molecule is CCOc1ccc(C(=O)NCc2coc(-c3cccs3)n2)cc1OC. The van der Waals surface area contributed by atoms with Crippen LogP contribution in [0.25, 0.3) is 10.8 Å². The standard InChI is InChI=1S/C18H18N2O4S/c1-3-23-14-7-6-12(9-15(14)22-2)17(21)19-10-13-11-24-18(20-13)16-5-4-8-25-16/h4-9,11H,3,10H2,1-2H3,(H,19,21). The van der Waals surface area contributed by atoms with Gasteiger partial charge in [0.05, 0.1) is 30.8 Å². The number of hydrogen-bond donors (Lipinski definition) is 1. The lowest BCUT2D eigenvalue weighted by Gasteiger charge is -2.10. The Kier molecular flexibility index (Phi) is 5.35. The molecule has 0 bridgehead atoms. The number of benzene rings is 1. The molecule has 1 N–H and O–H groups in total. The first-order valence-corrected chi connectivity index (χ1v) is 8.66. The normalized spacial score (nSPS) is 10.5. The Morgan fingerprint density at radius 1 is 1.32 bits per heavy atom. The highest BCUT2D eigenvalue weighted by Gasteiger charge is 2.12. The van der Waals surface area contributed by atoms with Gasteiger partial charge in [0.25, 0.3) is 5.91 Å². The topological polar surface area (TPSA) is 73.6 Å². The van der Waals surface area contributed by atoms with Gasteiger partial charge in [-0.3, -0.25) is 4.79 Å². The van der Waals surface area contributed by atoms with Crippen LogP contribution in [-0.4, -0.2) is 24.6 Å². The molecule has 0 radical (unpaired) electrons. The third-order valence-corrected chi connectivity index (χ3v) is 4.30. The van der Waals surface area contributed by atoms with E-state index in [-0.39, 0.29) is 12.5 Å². The predicted octanol–water partition coefficient (Wildman–Crippen LogP) is 3.74. The van der Waals surface area contributed by atoms with Crippen molar-refractivity contribution in [1.29, 1.82) is 0 Å². The highest BCUT2D eigenvalue weighted by Crippen LogP contribution is 2.28. The maximum Gasteiger partial charge on any atom is 0.251 e. The highest BCUT2D eigenvalue weighted by atomic mass is 32.1. The van der Waals surface area contributed by atoms with Crippen molar-refractivity contribution in [1.82, 2.24) is 10.3 Å². The van der Waals surface area contributed by atoms with Gasteiger partial charge in [-0.15, -0.1) is 11.3 Å². The fraction of sp³-hybridized carbons (Fsp3) is 0.222. The maximum atomic E-state index is 12.3. The Morgan fingerprint density at radius 2 is 2.20 bits per heavy atom. The van der Waals surface area contributed by atoms with Crippen molar-refractivity contribution >= 4 is 17.2 Å². The summed E-state index contributed by atoms with van der Waals surface area (Å²) in [5, 5.41) is 4.78. The summed E-state index contributed by atoms with van der Waals surface area (Å²) in [6, 6.07) is 8.95. The molecule has 7 heteroatoms. The molecular weight excluding hydrogens is 340 g/mol. The molecule has 1 amide bonds. The van der Waals surface area contributed by atoms with E-state index in [1.807, 2.05) is 24.4 Å². The minimum atomic E-state index is -0.220. The number of nitrogens with zero attached hydrogens (tertiary/aromatic N) is 1. The van der Waals surface area contributed by atoms with Crippen LogP contribution in [0.3, 0.4) is 0 Å². The zero-order chi connectivity index (χ0) is 17.6. The van der Waals surface area contributed by atoms with Gasteiger partial charge >= 0.3 is 0 Å². The van der Waals surface area contributed by atoms with Gasteiger partial charge in [-0.05, 0) is 36.6 Å². The molecule has 0 unspecified atom stereocenters. The van der Waals surface area contributed by atoms with Crippen LogP contribution in [0.5, 0.6) is 11.5 Å². The number of oxazole rings is 1. The molecule has 130 valence electrons. The van der Waals surface area contributed by atoms with Crippen LogP contribution in [0.4, 0.5) is 0 Å². The van der Waals surface area contributed by atoms with E-state index in [2.05, 4.69) is 10.3 Å². The summed E-state index contributed by atoms with van der Waals surface area (Å²) >= 11 is 1.55. The van der Waals surface area contributed by atoms with Crippen LogP contribution in [0.2, 0.25) is 0 Å². The molecule has 0 atom stereocenters. The molecule has 3 rings (SSSR count). The minimum absolute atomic E-state index is 0.220. The lowest BCUT2D eigenvalue weighted by molar-refractivity contribution is 0.0950. The van der Waals surface area contributed by atoms with Crippen LogP contribution in [-0.2, 0) is 6.54 Å². The molecule has 0 saturated heterocycles. The van der Waals surface area contributed by atoms with Crippen molar-refractivity contribution in [3.8, 4) is 22.3 Å². The molecule has 2 heterocycles. The monoisotopic (exact) mass is 358 g/mol. The van der Waals surface area contributed by atoms with Crippen molar-refractivity contribution in [3.63, 3.8) is 0 Å². The van der Waals surface area contributed by atoms with E-state index in [1.54, 1.807) is 42.9 Å². The van der Waals surface area contributed by atoms with Gasteiger partial charge in [0.2, 0.25) is 5.89 Å². The van der Waals surface area contributed by atoms with E-state index in [9.17, 15) is 4.79 Å². The Balaban J connectivity index is 1.64. The number of thiophene rings is 1. The highest BCUT2D eigenvalue weighted by molar-refractivity contribution is 7.13. The second-order valence-electron chi connectivity index (χ2n) is 5.10. The third kappa shape index (κ3) is 4.00. The summed E-state index contributed by atoms with van der Waals surface area (Å²) in [4.78, 5) is 17.7. The summed E-state index contributed by atoms with van der Waals surface area (Å²) in [6.07, 6.45) is 1.55. The Morgan fingerprint density at radius 3 is 2.92 bits per heavy atom. The number of methoxy groups -OCH3 is 1. The van der Waals surface area contributed by atoms with Crippen LogP contribution in [0, 0.1) is 0 Å². The van der Waals surface area contributed by atoms with Gasteiger partial charge in [-0.25, -0.2) is 4.98 Å². The molecule has 0 aliphatic rings. The number of nitrogens with one attached hydrogen (secondary N) is 1.